The molecule has 0 saturated carbocycles. The topological polar surface area (TPSA) is 158 Å². The first-order valence-corrected chi connectivity index (χ1v) is 11.0. The van der Waals surface area contributed by atoms with Crippen LogP contribution in [0, 0.1) is 6.92 Å². The number of nitrogens with two attached hydrogens (primary N) is 1. The number of rotatable bonds is 9. The lowest BCUT2D eigenvalue weighted by Gasteiger charge is -2.19. The fourth-order valence-electron chi connectivity index (χ4n) is 3.21. The van der Waals surface area contributed by atoms with Crippen molar-refractivity contribution in [3.63, 3.8) is 0 Å². The number of carbonyl (C=O) groups excluding carboxylic acids is 3. The van der Waals surface area contributed by atoms with Crippen molar-refractivity contribution < 1.29 is 36.8 Å². The van der Waals surface area contributed by atoms with E-state index in [1.807, 2.05) is 0 Å². The van der Waals surface area contributed by atoms with Crippen molar-refractivity contribution in [2.45, 2.75) is 46.3 Å². The van der Waals surface area contributed by atoms with Crippen LogP contribution in [0.4, 0.5) is 0 Å². The van der Waals surface area contributed by atoms with E-state index in [0.717, 1.165) is 0 Å². The fraction of sp³-hybridized carbons (Fsp3) is 0.450. The van der Waals surface area contributed by atoms with Gasteiger partial charge in [0.2, 0.25) is 0 Å². The number of esters is 1. The van der Waals surface area contributed by atoms with E-state index in [-0.39, 0.29) is 29.7 Å². The van der Waals surface area contributed by atoms with Gasteiger partial charge < -0.3 is 24.3 Å². The SMILES string of the molecule is Cc1c(C(=O)C(N)=O)c2c(OCC(=O)OC(C)(C)C)cccc2n1CCCS(=O)(=O)[O-]. The Bertz CT molecular complexity index is 1130. The lowest BCUT2D eigenvalue weighted by Crippen LogP contribution is -2.27. The van der Waals surface area contributed by atoms with Crippen molar-refractivity contribution in [2.24, 2.45) is 5.73 Å². The Morgan fingerprint density at radius 2 is 1.84 bits per heavy atom. The molecule has 31 heavy (non-hydrogen) atoms. The van der Waals surface area contributed by atoms with Crippen LogP contribution < -0.4 is 10.5 Å². The molecular formula is C20H25N2O8S-. The third kappa shape index (κ3) is 6.28. The Labute approximate surface area is 180 Å². The number of benzene rings is 1. The second-order valence-corrected chi connectivity index (χ2v) is 9.47. The first kappa shape index (κ1) is 24.4. The van der Waals surface area contributed by atoms with E-state index in [0.29, 0.717) is 11.2 Å². The van der Waals surface area contributed by atoms with Gasteiger partial charge in [0.1, 0.15) is 11.4 Å². The number of primary amides is 1. The summed E-state index contributed by atoms with van der Waals surface area (Å²) in [6.07, 6.45) is 0.00362. The smallest absolute Gasteiger partial charge is 0.344 e. The van der Waals surface area contributed by atoms with Gasteiger partial charge in [-0.1, -0.05) is 6.07 Å². The van der Waals surface area contributed by atoms with Crippen molar-refractivity contribution in [1.82, 2.24) is 4.57 Å². The van der Waals surface area contributed by atoms with Gasteiger partial charge in [-0.3, -0.25) is 9.59 Å². The number of amides is 1. The van der Waals surface area contributed by atoms with Crippen LogP contribution in [-0.2, 0) is 31.0 Å². The van der Waals surface area contributed by atoms with Crippen molar-refractivity contribution in [1.29, 1.82) is 0 Å². The molecule has 0 unspecified atom stereocenters. The number of hydrogen-bond donors (Lipinski definition) is 1. The zero-order valence-electron chi connectivity index (χ0n) is 17.8. The van der Waals surface area contributed by atoms with Crippen LogP contribution in [0.2, 0.25) is 0 Å². The minimum absolute atomic E-state index is 0.00362. The molecule has 0 aliphatic rings. The molecule has 0 radical (unpaired) electrons. The van der Waals surface area contributed by atoms with E-state index in [1.54, 1.807) is 44.4 Å². The van der Waals surface area contributed by atoms with Gasteiger partial charge in [0.25, 0.3) is 11.7 Å². The van der Waals surface area contributed by atoms with Gasteiger partial charge in [0, 0.05) is 18.0 Å². The largest absolute Gasteiger partial charge is 0.748 e. The molecule has 10 nitrogen and oxygen atoms in total. The summed E-state index contributed by atoms with van der Waals surface area (Å²) in [4.78, 5) is 36.2. The molecule has 0 spiro atoms. The standard InChI is InChI=1S/C20H26N2O8S/c1-12-16(18(24)19(21)25)17-13(22(12)9-6-10-31(26,27)28)7-5-8-14(17)29-11-15(23)30-20(2,3)4/h5,7-8H,6,9-11H2,1-4H3,(H2,21,25)(H,26,27,28)/p-1. The summed E-state index contributed by atoms with van der Waals surface area (Å²) in [6, 6.07) is 4.79. The molecule has 2 N–H and O–H groups in total. The van der Waals surface area contributed by atoms with Gasteiger partial charge in [-0.05, 0) is 46.2 Å². The van der Waals surface area contributed by atoms with Gasteiger partial charge in [-0.25, -0.2) is 13.2 Å². The third-order valence-electron chi connectivity index (χ3n) is 4.30. The third-order valence-corrected chi connectivity index (χ3v) is 5.09. The molecule has 0 aliphatic carbocycles. The van der Waals surface area contributed by atoms with Crippen LogP contribution >= 0.6 is 0 Å². The van der Waals surface area contributed by atoms with Gasteiger partial charge in [0.05, 0.1) is 26.6 Å². The normalized spacial score (nSPS) is 12.0. The molecule has 0 fully saturated rings. The van der Waals surface area contributed by atoms with Crippen molar-refractivity contribution >= 4 is 38.7 Å². The van der Waals surface area contributed by atoms with Crippen molar-refractivity contribution in [3.8, 4) is 5.75 Å². The minimum Gasteiger partial charge on any atom is -0.748 e. The summed E-state index contributed by atoms with van der Waals surface area (Å²) < 4.78 is 45.2. The summed E-state index contributed by atoms with van der Waals surface area (Å²) in [5.74, 6) is -3.17. The highest BCUT2D eigenvalue weighted by Crippen LogP contribution is 2.34. The second kappa shape index (κ2) is 9.06. The lowest BCUT2D eigenvalue weighted by molar-refractivity contribution is -0.157. The van der Waals surface area contributed by atoms with E-state index in [1.165, 1.54) is 6.07 Å². The van der Waals surface area contributed by atoms with Crippen LogP contribution in [0.1, 0.15) is 43.2 Å². The molecule has 1 heterocycles. The minimum atomic E-state index is -4.41. The number of nitrogens with zero attached hydrogens (tertiary/aromatic N) is 1. The number of aromatic nitrogens is 1. The van der Waals surface area contributed by atoms with Gasteiger partial charge in [0.15, 0.2) is 6.61 Å². The van der Waals surface area contributed by atoms with Crippen molar-refractivity contribution in [3.05, 3.63) is 29.5 Å². The van der Waals surface area contributed by atoms with Crippen LogP contribution in [0.3, 0.4) is 0 Å². The number of Topliss-reactive ketones (excluding diaryl/α,β-unsaturated/α-hetero) is 1. The molecule has 2 rings (SSSR count). The summed E-state index contributed by atoms with van der Waals surface area (Å²) in [6.45, 7) is 6.37. The van der Waals surface area contributed by atoms with Gasteiger partial charge in [-0.15, -0.1) is 0 Å². The monoisotopic (exact) mass is 453 g/mol. The number of ketones is 1. The molecule has 170 valence electrons. The maximum atomic E-state index is 12.5. The highest BCUT2D eigenvalue weighted by molar-refractivity contribution is 7.85. The molecule has 1 amide bonds. The maximum absolute atomic E-state index is 12.5. The molecule has 2 aromatic rings. The predicted molar refractivity (Wildman–Crippen MR) is 111 cm³/mol. The summed E-state index contributed by atoms with van der Waals surface area (Å²) in [7, 11) is -4.41. The Morgan fingerprint density at radius 1 is 1.19 bits per heavy atom. The van der Waals surface area contributed by atoms with Crippen molar-refractivity contribution in [2.75, 3.05) is 12.4 Å². The van der Waals surface area contributed by atoms with Gasteiger partial charge in [-0.2, -0.15) is 0 Å². The molecular weight excluding hydrogens is 428 g/mol. The molecule has 0 atom stereocenters. The van der Waals surface area contributed by atoms with E-state index in [9.17, 15) is 27.4 Å². The summed E-state index contributed by atoms with van der Waals surface area (Å²) >= 11 is 0. The number of hydrogen-bond acceptors (Lipinski definition) is 8. The Balaban J connectivity index is 2.49. The highest BCUT2D eigenvalue weighted by atomic mass is 32.2. The van der Waals surface area contributed by atoms with Crippen LogP contribution in [-0.4, -0.2) is 53.2 Å². The number of carbonyl (C=O) groups is 3. The van der Waals surface area contributed by atoms with Crippen LogP contribution in [0.15, 0.2) is 18.2 Å². The number of aryl methyl sites for hydroxylation is 1. The number of ether oxygens (including phenoxy) is 2. The molecule has 0 aliphatic heterocycles. The quantitative estimate of drug-likeness (QED) is 0.257. The zero-order chi connectivity index (χ0) is 23.6. The van der Waals surface area contributed by atoms with E-state index >= 15 is 0 Å². The molecule has 1 aromatic carbocycles. The Hall–Kier alpha value is -2.92. The summed E-state index contributed by atoms with van der Waals surface area (Å²) in [5, 5.41) is 0.261. The van der Waals surface area contributed by atoms with Gasteiger partial charge >= 0.3 is 5.97 Å². The molecule has 0 saturated heterocycles. The first-order chi connectivity index (χ1) is 14.2. The van der Waals surface area contributed by atoms with Crippen LogP contribution in [0.5, 0.6) is 5.75 Å². The predicted octanol–water partition coefficient (Wildman–Crippen LogP) is 1.27. The molecule has 11 heteroatoms. The fourth-order valence-corrected chi connectivity index (χ4v) is 3.69. The first-order valence-electron chi connectivity index (χ1n) is 9.45. The zero-order valence-corrected chi connectivity index (χ0v) is 18.6. The summed E-state index contributed by atoms with van der Waals surface area (Å²) in [5.41, 5.74) is 5.31. The Kier molecular flexibility index (Phi) is 7.12. The second-order valence-electron chi connectivity index (χ2n) is 7.95. The van der Waals surface area contributed by atoms with E-state index in [4.69, 9.17) is 15.2 Å². The Morgan fingerprint density at radius 3 is 2.39 bits per heavy atom. The molecule has 0 bridgehead atoms. The van der Waals surface area contributed by atoms with Crippen LogP contribution in [0.25, 0.3) is 10.9 Å². The number of fused-ring (bicyclic) bond motifs is 1. The highest BCUT2D eigenvalue weighted by Gasteiger charge is 2.26. The lowest BCUT2D eigenvalue weighted by atomic mass is 10.1. The average Bonchev–Trinajstić information content (AvgIpc) is 2.89. The van der Waals surface area contributed by atoms with E-state index < -0.39 is 45.7 Å². The average molecular weight is 453 g/mol. The molecule has 1 aromatic heterocycles. The van der Waals surface area contributed by atoms with E-state index in [2.05, 4.69) is 0 Å². The maximum Gasteiger partial charge on any atom is 0.344 e.